The average molecular weight is 385 g/mol. The molecule has 2 N–H and O–H groups in total. The van der Waals surface area contributed by atoms with Crippen molar-refractivity contribution < 1.29 is 14.3 Å². The highest BCUT2D eigenvalue weighted by atomic mass is 32.1. The van der Waals surface area contributed by atoms with Crippen LogP contribution in [0.3, 0.4) is 0 Å². The van der Waals surface area contributed by atoms with Crippen molar-refractivity contribution >= 4 is 28.9 Å². The molecule has 0 unspecified atom stereocenters. The van der Waals surface area contributed by atoms with E-state index in [1.54, 1.807) is 18.2 Å². The lowest BCUT2D eigenvalue weighted by atomic mass is 10.2. The van der Waals surface area contributed by atoms with Crippen molar-refractivity contribution in [2.75, 3.05) is 18.5 Å². The van der Waals surface area contributed by atoms with Crippen LogP contribution in [0.25, 0.3) is 0 Å². The second-order valence-corrected chi connectivity index (χ2v) is 6.46. The van der Waals surface area contributed by atoms with Crippen LogP contribution < -0.4 is 20.1 Å². The Balaban J connectivity index is 1.89. The molecular formula is C21H24N2O3S. The Bertz CT molecular complexity index is 803. The smallest absolute Gasteiger partial charge is 0.257 e. The van der Waals surface area contributed by atoms with Gasteiger partial charge in [-0.1, -0.05) is 19.6 Å². The minimum Gasteiger partial charge on any atom is -0.494 e. The molecular weight excluding hydrogens is 360 g/mol. The Morgan fingerprint density at radius 3 is 2.52 bits per heavy atom. The Morgan fingerprint density at radius 2 is 1.85 bits per heavy atom. The van der Waals surface area contributed by atoms with Gasteiger partial charge in [0.05, 0.1) is 6.61 Å². The summed E-state index contributed by atoms with van der Waals surface area (Å²) in [4.78, 5) is 12.4. The van der Waals surface area contributed by atoms with E-state index in [0.717, 1.165) is 23.4 Å². The number of nitrogens with one attached hydrogen (secondary N) is 2. The first-order chi connectivity index (χ1) is 13.0. The summed E-state index contributed by atoms with van der Waals surface area (Å²) < 4.78 is 11.1. The molecule has 0 atom stereocenters. The van der Waals surface area contributed by atoms with Gasteiger partial charge in [0.15, 0.2) is 5.11 Å². The largest absolute Gasteiger partial charge is 0.494 e. The third kappa shape index (κ3) is 7.11. The summed E-state index contributed by atoms with van der Waals surface area (Å²) in [5.41, 5.74) is 2.18. The standard InChI is InChI=1S/C21H24N2O3S/c1-4-12-25-19-7-5-6-16(13-19)20(24)23-21(27)22-17-8-10-18(11-9-17)26-14-15(2)3/h5-11,13H,2,4,12,14H2,1,3H3,(H2,22,23,24,27). The first-order valence-corrected chi connectivity index (χ1v) is 9.11. The van der Waals surface area contributed by atoms with E-state index < -0.39 is 0 Å². The highest BCUT2D eigenvalue weighted by Gasteiger charge is 2.09. The summed E-state index contributed by atoms with van der Waals surface area (Å²) in [6.07, 6.45) is 0.904. The highest BCUT2D eigenvalue weighted by Crippen LogP contribution is 2.17. The van der Waals surface area contributed by atoms with Gasteiger partial charge in [-0.2, -0.15) is 0 Å². The molecule has 0 radical (unpaired) electrons. The van der Waals surface area contributed by atoms with Gasteiger partial charge >= 0.3 is 0 Å². The summed E-state index contributed by atoms with van der Waals surface area (Å²) in [5, 5.41) is 5.86. The number of thiocarbonyl (C=S) groups is 1. The second-order valence-electron chi connectivity index (χ2n) is 6.05. The van der Waals surface area contributed by atoms with Crippen molar-refractivity contribution in [3.05, 3.63) is 66.2 Å². The van der Waals surface area contributed by atoms with Crippen molar-refractivity contribution in [3.63, 3.8) is 0 Å². The number of rotatable bonds is 8. The number of amides is 1. The third-order valence-corrected chi connectivity index (χ3v) is 3.60. The predicted octanol–water partition coefficient (Wildman–Crippen LogP) is 4.56. The van der Waals surface area contributed by atoms with Gasteiger partial charge in [-0.25, -0.2) is 0 Å². The Labute approximate surface area is 165 Å². The van der Waals surface area contributed by atoms with Crippen LogP contribution in [0.1, 0.15) is 30.6 Å². The molecule has 0 aliphatic carbocycles. The van der Waals surface area contributed by atoms with E-state index in [0.29, 0.717) is 24.5 Å². The normalized spacial score (nSPS) is 10.0. The number of hydrogen-bond acceptors (Lipinski definition) is 4. The van der Waals surface area contributed by atoms with E-state index in [9.17, 15) is 4.79 Å². The molecule has 2 aromatic carbocycles. The van der Waals surface area contributed by atoms with E-state index in [2.05, 4.69) is 17.2 Å². The third-order valence-electron chi connectivity index (χ3n) is 3.39. The average Bonchev–Trinajstić information content (AvgIpc) is 2.66. The molecule has 0 aliphatic heterocycles. The van der Waals surface area contributed by atoms with Crippen LogP contribution in [-0.4, -0.2) is 24.2 Å². The van der Waals surface area contributed by atoms with Crippen LogP contribution in [0.4, 0.5) is 5.69 Å². The summed E-state index contributed by atoms with van der Waals surface area (Å²) >= 11 is 5.22. The van der Waals surface area contributed by atoms with Crippen LogP contribution in [0.2, 0.25) is 0 Å². The monoisotopic (exact) mass is 384 g/mol. The SMILES string of the molecule is C=C(C)COc1ccc(NC(=S)NC(=O)c2cccc(OCCC)c2)cc1. The van der Waals surface area contributed by atoms with Gasteiger partial charge in [0, 0.05) is 11.3 Å². The molecule has 0 aliphatic rings. The van der Waals surface area contributed by atoms with Gasteiger partial charge < -0.3 is 14.8 Å². The van der Waals surface area contributed by atoms with Crippen LogP contribution in [-0.2, 0) is 0 Å². The van der Waals surface area contributed by atoms with E-state index in [-0.39, 0.29) is 11.0 Å². The van der Waals surface area contributed by atoms with Crippen molar-refractivity contribution in [1.29, 1.82) is 0 Å². The van der Waals surface area contributed by atoms with E-state index in [1.807, 2.05) is 44.2 Å². The molecule has 27 heavy (non-hydrogen) atoms. The molecule has 0 saturated carbocycles. The number of anilines is 1. The lowest BCUT2D eigenvalue weighted by Crippen LogP contribution is -2.34. The quantitative estimate of drug-likeness (QED) is 0.516. The van der Waals surface area contributed by atoms with E-state index >= 15 is 0 Å². The van der Waals surface area contributed by atoms with Gasteiger partial charge in [-0.05, 0) is 73.6 Å². The van der Waals surface area contributed by atoms with Gasteiger partial charge in [-0.3, -0.25) is 10.1 Å². The second kappa shape index (κ2) is 10.3. The zero-order valence-electron chi connectivity index (χ0n) is 15.6. The molecule has 1 amide bonds. The van der Waals surface area contributed by atoms with E-state index in [4.69, 9.17) is 21.7 Å². The van der Waals surface area contributed by atoms with Crippen molar-refractivity contribution in [2.45, 2.75) is 20.3 Å². The van der Waals surface area contributed by atoms with Crippen LogP contribution in [0, 0.1) is 0 Å². The maximum absolute atomic E-state index is 12.4. The zero-order chi connectivity index (χ0) is 19.6. The number of carbonyl (C=O) groups excluding carboxylic acids is 1. The Morgan fingerprint density at radius 1 is 1.11 bits per heavy atom. The molecule has 2 rings (SSSR count). The van der Waals surface area contributed by atoms with Gasteiger partial charge in [0.25, 0.3) is 5.91 Å². The molecule has 142 valence electrons. The minimum atomic E-state index is -0.295. The van der Waals surface area contributed by atoms with Crippen LogP contribution in [0.5, 0.6) is 11.5 Å². The molecule has 6 heteroatoms. The maximum Gasteiger partial charge on any atom is 0.257 e. The predicted molar refractivity (Wildman–Crippen MR) is 113 cm³/mol. The molecule has 0 fully saturated rings. The molecule has 0 saturated heterocycles. The molecule has 0 bridgehead atoms. The highest BCUT2D eigenvalue weighted by molar-refractivity contribution is 7.80. The summed E-state index contributed by atoms with van der Waals surface area (Å²) in [5.74, 6) is 1.10. The van der Waals surface area contributed by atoms with Crippen molar-refractivity contribution in [3.8, 4) is 11.5 Å². The summed E-state index contributed by atoms with van der Waals surface area (Å²) in [6.45, 7) is 8.81. The summed E-state index contributed by atoms with van der Waals surface area (Å²) in [7, 11) is 0. The number of ether oxygens (including phenoxy) is 2. The number of benzene rings is 2. The molecule has 0 heterocycles. The lowest BCUT2D eigenvalue weighted by Gasteiger charge is -2.11. The summed E-state index contributed by atoms with van der Waals surface area (Å²) in [6, 6.07) is 14.3. The van der Waals surface area contributed by atoms with Crippen molar-refractivity contribution in [2.24, 2.45) is 0 Å². The molecule has 2 aromatic rings. The Hall–Kier alpha value is -2.86. The number of carbonyl (C=O) groups is 1. The fraction of sp³-hybridized carbons (Fsp3) is 0.238. The van der Waals surface area contributed by atoms with Gasteiger partial charge in [-0.15, -0.1) is 0 Å². The fourth-order valence-electron chi connectivity index (χ4n) is 2.13. The first kappa shape index (κ1) is 20.5. The minimum absolute atomic E-state index is 0.218. The topological polar surface area (TPSA) is 59.6 Å². The number of hydrogen-bond donors (Lipinski definition) is 2. The fourth-order valence-corrected chi connectivity index (χ4v) is 2.34. The van der Waals surface area contributed by atoms with E-state index in [1.165, 1.54) is 0 Å². The maximum atomic E-state index is 12.4. The van der Waals surface area contributed by atoms with Crippen molar-refractivity contribution in [1.82, 2.24) is 5.32 Å². The first-order valence-electron chi connectivity index (χ1n) is 8.70. The Kier molecular flexibility index (Phi) is 7.82. The van der Waals surface area contributed by atoms with Crippen LogP contribution >= 0.6 is 12.2 Å². The van der Waals surface area contributed by atoms with Gasteiger partial charge in [0.1, 0.15) is 18.1 Å². The lowest BCUT2D eigenvalue weighted by molar-refractivity contribution is 0.0977. The van der Waals surface area contributed by atoms with Gasteiger partial charge in [0.2, 0.25) is 0 Å². The molecule has 5 nitrogen and oxygen atoms in total. The molecule has 0 spiro atoms. The van der Waals surface area contributed by atoms with Crippen LogP contribution in [0.15, 0.2) is 60.7 Å². The zero-order valence-corrected chi connectivity index (χ0v) is 16.4. The molecule has 0 aromatic heterocycles.